The van der Waals surface area contributed by atoms with Crippen LogP contribution in [0.25, 0.3) is 67.5 Å². The van der Waals surface area contributed by atoms with Gasteiger partial charge in [-0.05, 0) is 111 Å². The van der Waals surface area contributed by atoms with Crippen LogP contribution in [0.2, 0.25) is 0 Å². The van der Waals surface area contributed by atoms with Crippen molar-refractivity contribution in [1.82, 2.24) is 15.0 Å². The molecule has 1 aliphatic rings. The molecule has 0 bridgehead atoms. The predicted molar refractivity (Wildman–Crippen MR) is 189 cm³/mol. The van der Waals surface area contributed by atoms with Gasteiger partial charge in [0.05, 0.1) is 11.6 Å². The van der Waals surface area contributed by atoms with E-state index in [2.05, 4.69) is 73.4 Å². The Labute approximate surface area is 283 Å². The average molecular weight is 639 g/mol. The number of nitriles is 1. The molecule has 6 heteroatoms. The van der Waals surface area contributed by atoms with E-state index in [4.69, 9.17) is 9.97 Å². The molecule has 0 aliphatic heterocycles. The standard InChI is InChI=1S/C43H28F2N4/c1-43(2)38-23-26(25-46)3-21-36(38)37-22-16-33(24-39(37)43)29-6-4-27(5-7-29)28-8-10-30(11-9-28)40-47-41(31-12-17-34(44)18-13-31)49-42(48-40)32-14-19-35(45)20-15-32/h3-24H,1-2H3. The lowest BCUT2D eigenvalue weighted by Gasteiger charge is -2.22. The summed E-state index contributed by atoms with van der Waals surface area (Å²) in [7, 11) is 0. The Kier molecular flexibility index (Phi) is 7.19. The lowest BCUT2D eigenvalue weighted by molar-refractivity contribution is 0.627. The smallest absolute Gasteiger partial charge is 0.164 e. The van der Waals surface area contributed by atoms with Crippen LogP contribution in [0.3, 0.4) is 0 Å². The minimum atomic E-state index is -0.349. The Hall–Kier alpha value is -6.32. The summed E-state index contributed by atoms with van der Waals surface area (Å²) in [4.78, 5) is 14.1. The van der Waals surface area contributed by atoms with Gasteiger partial charge in [-0.3, -0.25) is 0 Å². The first-order valence-electron chi connectivity index (χ1n) is 16.0. The van der Waals surface area contributed by atoms with Crippen molar-refractivity contribution in [3.8, 4) is 73.6 Å². The Balaban J connectivity index is 1.08. The van der Waals surface area contributed by atoms with Crippen molar-refractivity contribution in [2.75, 3.05) is 0 Å². The van der Waals surface area contributed by atoms with Gasteiger partial charge in [-0.25, -0.2) is 23.7 Å². The van der Waals surface area contributed by atoms with Crippen molar-refractivity contribution in [3.63, 3.8) is 0 Å². The molecule has 0 N–H and O–H groups in total. The summed E-state index contributed by atoms with van der Waals surface area (Å²) in [6.45, 7) is 4.44. The fourth-order valence-electron chi connectivity index (χ4n) is 6.61. The van der Waals surface area contributed by atoms with Crippen LogP contribution in [-0.2, 0) is 5.41 Å². The minimum absolute atomic E-state index is 0.201. The maximum atomic E-state index is 13.7. The van der Waals surface area contributed by atoms with Gasteiger partial charge >= 0.3 is 0 Å². The molecule has 7 aromatic rings. The van der Waals surface area contributed by atoms with Crippen molar-refractivity contribution in [2.24, 2.45) is 0 Å². The maximum absolute atomic E-state index is 13.7. The number of nitrogens with zero attached hydrogens (tertiary/aromatic N) is 4. The first-order valence-corrected chi connectivity index (χ1v) is 16.0. The molecule has 49 heavy (non-hydrogen) atoms. The van der Waals surface area contributed by atoms with E-state index >= 15 is 0 Å². The van der Waals surface area contributed by atoms with Gasteiger partial charge in [0.1, 0.15) is 11.6 Å². The second-order valence-corrected chi connectivity index (χ2v) is 12.7. The van der Waals surface area contributed by atoms with E-state index in [1.54, 1.807) is 24.3 Å². The zero-order chi connectivity index (χ0) is 33.7. The second-order valence-electron chi connectivity index (χ2n) is 12.7. The molecule has 0 fully saturated rings. The number of hydrogen-bond donors (Lipinski definition) is 0. The molecule has 0 saturated heterocycles. The highest BCUT2D eigenvalue weighted by molar-refractivity contribution is 5.84. The van der Waals surface area contributed by atoms with E-state index in [1.165, 1.54) is 46.5 Å². The van der Waals surface area contributed by atoms with Crippen LogP contribution in [0.1, 0.15) is 30.5 Å². The van der Waals surface area contributed by atoms with Gasteiger partial charge in [-0.2, -0.15) is 5.26 Å². The summed E-state index contributed by atoms with van der Waals surface area (Å²) in [5, 5.41) is 9.45. The van der Waals surface area contributed by atoms with Gasteiger partial charge < -0.3 is 0 Å². The van der Waals surface area contributed by atoms with Gasteiger partial charge in [0.25, 0.3) is 0 Å². The Morgan fingerprint density at radius 1 is 0.449 bits per heavy atom. The molecule has 1 aromatic heterocycles. The summed E-state index contributed by atoms with van der Waals surface area (Å²) in [5.74, 6) is 0.558. The molecule has 1 aliphatic carbocycles. The van der Waals surface area contributed by atoms with E-state index in [9.17, 15) is 14.0 Å². The monoisotopic (exact) mass is 638 g/mol. The summed E-state index contributed by atoms with van der Waals surface area (Å²) in [5.41, 5.74) is 11.8. The summed E-state index contributed by atoms with van der Waals surface area (Å²) in [6.07, 6.45) is 0. The fraction of sp³-hybridized carbons (Fsp3) is 0.0698. The first-order chi connectivity index (χ1) is 23.8. The van der Waals surface area contributed by atoms with Crippen LogP contribution in [0, 0.1) is 23.0 Å². The third-order valence-corrected chi connectivity index (χ3v) is 9.34. The summed E-state index contributed by atoms with van der Waals surface area (Å²) < 4.78 is 27.3. The van der Waals surface area contributed by atoms with E-state index < -0.39 is 0 Å². The number of halogens is 2. The highest BCUT2D eigenvalue weighted by Crippen LogP contribution is 2.50. The predicted octanol–water partition coefficient (Wildman–Crippen LogP) is 10.7. The lowest BCUT2D eigenvalue weighted by Crippen LogP contribution is -2.15. The van der Waals surface area contributed by atoms with E-state index in [-0.39, 0.29) is 17.0 Å². The van der Waals surface area contributed by atoms with Crippen LogP contribution in [0.4, 0.5) is 8.78 Å². The highest BCUT2D eigenvalue weighted by atomic mass is 19.1. The van der Waals surface area contributed by atoms with Crippen molar-refractivity contribution < 1.29 is 8.78 Å². The van der Waals surface area contributed by atoms with Crippen LogP contribution in [-0.4, -0.2) is 15.0 Å². The van der Waals surface area contributed by atoms with Gasteiger partial charge in [0, 0.05) is 22.1 Å². The number of rotatable bonds is 5. The SMILES string of the molecule is CC1(C)c2cc(C#N)ccc2-c2ccc(-c3ccc(-c4ccc(-c5nc(-c6ccc(F)cc6)nc(-c6ccc(F)cc6)n5)cc4)cc3)cc21. The Morgan fingerprint density at radius 2 is 0.796 bits per heavy atom. The molecule has 0 spiro atoms. The van der Waals surface area contributed by atoms with Crippen molar-refractivity contribution in [2.45, 2.75) is 19.3 Å². The molecule has 6 aromatic carbocycles. The van der Waals surface area contributed by atoms with Crippen LogP contribution >= 0.6 is 0 Å². The van der Waals surface area contributed by atoms with E-state index in [0.717, 1.165) is 27.8 Å². The maximum Gasteiger partial charge on any atom is 0.164 e. The third-order valence-electron chi connectivity index (χ3n) is 9.34. The fourth-order valence-corrected chi connectivity index (χ4v) is 6.61. The Morgan fingerprint density at radius 3 is 1.24 bits per heavy atom. The molecular weight excluding hydrogens is 610 g/mol. The number of aromatic nitrogens is 3. The van der Waals surface area contributed by atoms with E-state index in [0.29, 0.717) is 34.2 Å². The van der Waals surface area contributed by atoms with Crippen LogP contribution in [0.15, 0.2) is 133 Å². The highest BCUT2D eigenvalue weighted by Gasteiger charge is 2.35. The van der Waals surface area contributed by atoms with Crippen molar-refractivity contribution >= 4 is 0 Å². The second kappa shape index (κ2) is 11.7. The zero-order valence-corrected chi connectivity index (χ0v) is 26.7. The molecule has 0 amide bonds. The van der Waals surface area contributed by atoms with Crippen molar-refractivity contribution in [1.29, 1.82) is 5.26 Å². The van der Waals surface area contributed by atoms with E-state index in [1.807, 2.05) is 36.4 Å². The van der Waals surface area contributed by atoms with Gasteiger partial charge in [-0.15, -0.1) is 0 Å². The topological polar surface area (TPSA) is 62.5 Å². The third kappa shape index (κ3) is 5.46. The molecule has 0 saturated carbocycles. The quantitative estimate of drug-likeness (QED) is 0.188. The largest absolute Gasteiger partial charge is 0.208 e. The number of benzene rings is 6. The van der Waals surface area contributed by atoms with Gasteiger partial charge in [0.2, 0.25) is 0 Å². The van der Waals surface area contributed by atoms with Crippen LogP contribution < -0.4 is 0 Å². The minimum Gasteiger partial charge on any atom is -0.208 e. The van der Waals surface area contributed by atoms with Crippen molar-refractivity contribution in [3.05, 3.63) is 162 Å². The molecule has 234 valence electrons. The molecule has 1 heterocycles. The first kappa shape index (κ1) is 30.0. The molecule has 8 rings (SSSR count). The van der Waals surface area contributed by atoms with Gasteiger partial charge in [0.15, 0.2) is 17.5 Å². The normalized spacial score (nSPS) is 12.6. The average Bonchev–Trinajstić information content (AvgIpc) is 3.37. The molecule has 4 nitrogen and oxygen atoms in total. The summed E-state index contributed by atoms with van der Waals surface area (Å²) >= 11 is 0. The van der Waals surface area contributed by atoms with Crippen LogP contribution in [0.5, 0.6) is 0 Å². The molecule has 0 radical (unpaired) electrons. The Bertz CT molecular complexity index is 2340. The summed E-state index contributed by atoms with van der Waals surface area (Å²) in [6, 6.07) is 43.4. The molecular formula is C43H28F2N4. The number of fused-ring (bicyclic) bond motifs is 3. The zero-order valence-electron chi connectivity index (χ0n) is 26.7. The van der Waals surface area contributed by atoms with Gasteiger partial charge in [-0.1, -0.05) is 80.6 Å². The molecule has 0 unspecified atom stereocenters. The molecule has 0 atom stereocenters. The number of hydrogen-bond acceptors (Lipinski definition) is 4. The lowest BCUT2D eigenvalue weighted by atomic mass is 9.81.